The average Bonchev–Trinajstić information content (AvgIpc) is 2.85. The molecule has 2 heterocycles. The molecule has 1 fully saturated rings. The van der Waals surface area contributed by atoms with Crippen molar-refractivity contribution in [1.82, 2.24) is 5.32 Å². The van der Waals surface area contributed by atoms with Crippen molar-refractivity contribution in [3.8, 4) is 5.75 Å². The first-order valence-electron chi connectivity index (χ1n) is 6.61. The smallest absolute Gasteiger partial charge is 0.168 e. The first-order valence-corrected chi connectivity index (χ1v) is 6.61. The van der Waals surface area contributed by atoms with E-state index < -0.39 is 11.6 Å². The van der Waals surface area contributed by atoms with Crippen molar-refractivity contribution in [3.63, 3.8) is 0 Å². The van der Waals surface area contributed by atoms with Crippen LogP contribution in [0.15, 0.2) is 6.07 Å². The first-order chi connectivity index (χ1) is 8.75. The van der Waals surface area contributed by atoms with Crippen LogP contribution in [0.25, 0.3) is 0 Å². The molecule has 2 aliphatic heterocycles. The quantitative estimate of drug-likeness (QED) is 0.874. The fourth-order valence-corrected chi connectivity index (χ4v) is 2.93. The van der Waals surface area contributed by atoms with Gasteiger partial charge in [0.25, 0.3) is 0 Å². The molecule has 0 bridgehead atoms. The normalized spacial score (nSPS) is 22.7. The molecule has 1 aromatic carbocycles. The fourth-order valence-electron chi connectivity index (χ4n) is 2.93. The summed E-state index contributed by atoms with van der Waals surface area (Å²) in [6.45, 7) is 1.45. The molecular weight excluding hydrogens is 236 g/mol. The molecule has 1 atom stereocenters. The van der Waals surface area contributed by atoms with Crippen LogP contribution in [-0.2, 0) is 12.8 Å². The molecule has 0 radical (unpaired) electrons. The van der Waals surface area contributed by atoms with E-state index in [0.717, 1.165) is 24.6 Å². The van der Waals surface area contributed by atoms with E-state index in [1.807, 2.05) is 0 Å². The Bertz CT molecular complexity index is 456. The van der Waals surface area contributed by atoms with Crippen LogP contribution in [0.2, 0.25) is 0 Å². The van der Waals surface area contributed by atoms with Crippen LogP contribution in [0, 0.1) is 11.6 Å². The number of piperidine rings is 1. The minimum Gasteiger partial charge on any atom is -0.490 e. The monoisotopic (exact) mass is 253 g/mol. The lowest BCUT2D eigenvalue weighted by Gasteiger charge is -2.24. The van der Waals surface area contributed by atoms with Crippen LogP contribution in [0.1, 0.15) is 30.4 Å². The minimum atomic E-state index is -0.569. The number of fused-ring (bicyclic) bond motifs is 1. The van der Waals surface area contributed by atoms with Gasteiger partial charge in [-0.15, -0.1) is 0 Å². The van der Waals surface area contributed by atoms with Gasteiger partial charge in [-0.2, -0.15) is 0 Å². The van der Waals surface area contributed by atoms with E-state index in [1.165, 1.54) is 12.8 Å². The van der Waals surface area contributed by atoms with Gasteiger partial charge in [0.05, 0.1) is 6.61 Å². The maximum absolute atomic E-state index is 13.9. The molecule has 0 amide bonds. The van der Waals surface area contributed by atoms with Crippen LogP contribution < -0.4 is 10.1 Å². The molecule has 0 saturated carbocycles. The Morgan fingerprint density at radius 3 is 2.94 bits per heavy atom. The Kier molecular flexibility index (Phi) is 3.20. The maximum Gasteiger partial charge on any atom is 0.168 e. The third-order valence-electron chi connectivity index (χ3n) is 3.86. The summed E-state index contributed by atoms with van der Waals surface area (Å²) in [5, 5.41) is 3.40. The summed E-state index contributed by atoms with van der Waals surface area (Å²) in [5.41, 5.74) is 1.38. The molecule has 4 heteroatoms. The summed E-state index contributed by atoms with van der Waals surface area (Å²) in [4.78, 5) is 0. The standard InChI is InChI=1S/C14H17F2NO/c15-12-8-13(16)14-10(4-6-18-14)11(12)7-9-3-1-2-5-17-9/h8-9,17H,1-7H2. The molecule has 1 aromatic rings. The van der Waals surface area contributed by atoms with Gasteiger partial charge >= 0.3 is 0 Å². The fraction of sp³-hybridized carbons (Fsp3) is 0.571. The van der Waals surface area contributed by atoms with E-state index in [9.17, 15) is 8.78 Å². The lowest BCUT2D eigenvalue weighted by atomic mass is 9.93. The number of hydrogen-bond donors (Lipinski definition) is 1. The van der Waals surface area contributed by atoms with Gasteiger partial charge in [0.15, 0.2) is 11.6 Å². The van der Waals surface area contributed by atoms with Crippen molar-refractivity contribution in [3.05, 3.63) is 28.8 Å². The number of ether oxygens (including phenoxy) is 1. The van der Waals surface area contributed by atoms with Crippen LogP contribution in [0.3, 0.4) is 0 Å². The molecule has 1 N–H and O–H groups in total. The Morgan fingerprint density at radius 1 is 1.28 bits per heavy atom. The predicted octanol–water partition coefficient (Wildman–Crippen LogP) is 2.58. The molecule has 98 valence electrons. The second-order valence-corrected chi connectivity index (χ2v) is 5.08. The van der Waals surface area contributed by atoms with Crippen molar-refractivity contribution >= 4 is 0 Å². The Hall–Kier alpha value is -1.16. The van der Waals surface area contributed by atoms with Gasteiger partial charge in [0, 0.05) is 24.1 Å². The molecule has 1 saturated heterocycles. The molecule has 0 aliphatic carbocycles. The van der Waals surface area contributed by atoms with Gasteiger partial charge in [-0.05, 0) is 31.4 Å². The second kappa shape index (κ2) is 4.84. The van der Waals surface area contributed by atoms with E-state index in [4.69, 9.17) is 4.74 Å². The van der Waals surface area contributed by atoms with Gasteiger partial charge in [-0.25, -0.2) is 8.78 Å². The molecule has 2 nitrogen and oxygen atoms in total. The van der Waals surface area contributed by atoms with E-state index in [1.54, 1.807) is 0 Å². The van der Waals surface area contributed by atoms with Crippen molar-refractivity contribution in [1.29, 1.82) is 0 Å². The van der Waals surface area contributed by atoms with Gasteiger partial charge in [0.2, 0.25) is 0 Å². The lowest BCUT2D eigenvalue weighted by molar-refractivity contribution is 0.338. The number of nitrogens with one attached hydrogen (secondary N) is 1. The summed E-state index contributed by atoms with van der Waals surface area (Å²) < 4.78 is 32.7. The van der Waals surface area contributed by atoms with Gasteiger partial charge in [-0.1, -0.05) is 6.42 Å². The van der Waals surface area contributed by atoms with Crippen molar-refractivity contribution in [2.45, 2.75) is 38.1 Å². The average molecular weight is 253 g/mol. The van der Waals surface area contributed by atoms with Crippen LogP contribution in [0.5, 0.6) is 5.75 Å². The van der Waals surface area contributed by atoms with Gasteiger partial charge in [0.1, 0.15) is 5.82 Å². The van der Waals surface area contributed by atoms with E-state index in [-0.39, 0.29) is 5.75 Å². The van der Waals surface area contributed by atoms with Gasteiger partial charge < -0.3 is 10.1 Å². The second-order valence-electron chi connectivity index (χ2n) is 5.08. The summed E-state index contributed by atoms with van der Waals surface area (Å²) in [7, 11) is 0. The summed E-state index contributed by atoms with van der Waals surface area (Å²) in [6, 6.07) is 1.27. The highest BCUT2D eigenvalue weighted by Gasteiger charge is 2.26. The molecule has 0 aromatic heterocycles. The maximum atomic E-state index is 13.9. The highest BCUT2D eigenvalue weighted by molar-refractivity contribution is 5.45. The first kappa shape index (κ1) is 11.9. The predicted molar refractivity (Wildman–Crippen MR) is 64.9 cm³/mol. The third kappa shape index (κ3) is 2.09. The summed E-state index contributed by atoms with van der Waals surface area (Å²) in [6.07, 6.45) is 4.68. The number of rotatable bonds is 2. The Labute approximate surface area is 105 Å². The zero-order chi connectivity index (χ0) is 12.5. The van der Waals surface area contributed by atoms with Gasteiger partial charge in [-0.3, -0.25) is 0 Å². The highest BCUT2D eigenvalue weighted by Crippen LogP contribution is 2.34. The minimum absolute atomic E-state index is 0.266. The van der Waals surface area contributed by atoms with E-state index >= 15 is 0 Å². The Morgan fingerprint density at radius 2 is 2.17 bits per heavy atom. The molecule has 18 heavy (non-hydrogen) atoms. The summed E-state index contributed by atoms with van der Waals surface area (Å²) in [5.74, 6) is -0.730. The van der Waals surface area contributed by atoms with Crippen molar-refractivity contribution < 1.29 is 13.5 Å². The van der Waals surface area contributed by atoms with E-state index in [0.29, 0.717) is 31.1 Å². The number of halogens is 2. The lowest BCUT2D eigenvalue weighted by Crippen LogP contribution is -2.36. The van der Waals surface area contributed by atoms with Crippen molar-refractivity contribution in [2.24, 2.45) is 0 Å². The molecule has 0 spiro atoms. The molecule has 1 unspecified atom stereocenters. The zero-order valence-electron chi connectivity index (χ0n) is 10.3. The molecule has 3 rings (SSSR count). The highest BCUT2D eigenvalue weighted by atomic mass is 19.1. The summed E-state index contributed by atoms with van der Waals surface area (Å²) >= 11 is 0. The molecule has 2 aliphatic rings. The molecular formula is C14H17F2NO. The van der Waals surface area contributed by atoms with Crippen LogP contribution >= 0.6 is 0 Å². The zero-order valence-corrected chi connectivity index (χ0v) is 10.3. The Balaban J connectivity index is 1.89. The number of hydrogen-bond acceptors (Lipinski definition) is 2. The van der Waals surface area contributed by atoms with E-state index in [2.05, 4.69) is 5.32 Å². The van der Waals surface area contributed by atoms with Crippen LogP contribution in [-0.4, -0.2) is 19.2 Å². The largest absolute Gasteiger partial charge is 0.490 e. The SMILES string of the molecule is Fc1cc(F)c2c(c1CC1CCCCN1)CCO2. The number of benzene rings is 1. The van der Waals surface area contributed by atoms with Crippen molar-refractivity contribution in [2.75, 3.05) is 13.2 Å². The van der Waals surface area contributed by atoms with Crippen LogP contribution in [0.4, 0.5) is 8.78 Å². The topological polar surface area (TPSA) is 21.3 Å². The third-order valence-corrected chi connectivity index (χ3v) is 3.86.